The fraction of sp³-hybridized carbons (Fsp3) is 0.333. The van der Waals surface area contributed by atoms with Gasteiger partial charge in [-0.15, -0.1) is 0 Å². The van der Waals surface area contributed by atoms with E-state index in [-0.39, 0.29) is 23.6 Å². The van der Waals surface area contributed by atoms with Crippen molar-refractivity contribution in [1.82, 2.24) is 0 Å². The lowest BCUT2D eigenvalue weighted by Gasteiger charge is -2.24. The molecule has 3 aliphatic heterocycles. The summed E-state index contributed by atoms with van der Waals surface area (Å²) in [6.07, 6.45) is 3.30. The molecule has 3 heterocycles. The molecule has 0 spiro atoms. The molecule has 4 unspecified atom stereocenters. The molecule has 0 aliphatic carbocycles. The third-order valence-electron chi connectivity index (χ3n) is 4.65. The minimum Gasteiger partial charge on any atom is -0.362 e. The fourth-order valence-corrected chi connectivity index (χ4v) is 3.63. The Balaban J connectivity index is 1.71. The van der Waals surface area contributed by atoms with Crippen molar-refractivity contribution < 1.29 is 19.2 Å². The van der Waals surface area contributed by atoms with Gasteiger partial charge in [0.1, 0.15) is 0 Å². The number of amides is 2. The van der Waals surface area contributed by atoms with Crippen molar-refractivity contribution in [2.24, 2.45) is 11.8 Å². The SMILES string of the molecule is CC12C=CC(O1)C1C(=O)N(c3ccc([N+](=O)[O-])cc3)C(=O)C12. The Morgan fingerprint density at radius 1 is 1.23 bits per heavy atom. The number of imide groups is 1. The van der Waals surface area contributed by atoms with E-state index in [1.807, 2.05) is 12.2 Å². The van der Waals surface area contributed by atoms with Crippen molar-refractivity contribution >= 4 is 23.2 Å². The van der Waals surface area contributed by atoms with Gasteiger partial charge in [0.15, 0.2) is 0 Å². The van der Waals surface area contributed by atoms with Crippen molar-refractivity contribution in [2.75, 3.05) is 4.90 Å². The van der Waals surface area contributed by atoms with Crippen LogP contribution < -0.4 is 4.90 Å². The van der Waals surface area contributed by atoms with Gasteiger partial charge < -0.3 is 4.74 Å². The molecule has 112 valence electrons. The number of hydrogen-bond donors (Lipinski definition) is 0. The van der Waals surface area contributed by atoms with Gasteiger partial charge in [-0.3, -0.25) is 19.7 Å². The number of rotatable bonds is 2. The van der Waals surface area contributed by atoms with E-state index in [2.05, 4.69) is 0 Å². The number of fused-ring (bicyclic) bond motifs is 5. The van der Waals surface area contributed by atoms with E-state index in [0.717, 1.165) is 4.90 Å². The summed E-state index contributed by atoms with van der Waals surface area (Å²) in [5.74, 6) is -1.64. The van der Waals surface area contributed by atoms with E-state index < -0.39 is 22.4 Å². The summed E-state index contributed by atoms with van der Waals surface area (Å²) in [6, 6.07) is 5.42. The maximum Gasteiger partial charge on any atom is 0.269 e. The normalized spacial score (nSPS) is 35.3. The summed E-state index contributed by atoms with van der Waals surface area (Å²) in [5, 5.41) is 10.7. The maximum absolute atomic E-state index is 12.7. The molecule has 22 heavy (non-hydrogen) atoms. The number of carbonyl (C=O) groups is 2. The molecular weight excluding hydrogens is 288 g/mol. The first kappa shape index (κ1) is 13.1. The van der Waals surface area contributed by atoms with Crippen LogP contribution in [0.25, 0.3) is 0 Å². The Morgan fingerprint density at radius 2 is 1.91 bits per heavy atom. The zero-order chi connectivity index (χ0) is 15.6. The topological polar surface area (TPSA) is 89.8 Å². The molecule has 2 amide bonds. The van der Waals surface area contributed by atoms with Gasteiger partial charge in [0.05, 0.1) is 34.2 Å². The Labute approximate surface area is 125 Å². The molecule has 3 aliphatic rings. The van der Waals surface area contributed by atoms with Crippen molar-refractivity contribution in [3.63, 3.8) is 0 Å². The lowest BCUT2D eigenvalue weighted by molar-refractivity contribution is -0.384. The van der Waals surface area contributed by atoms with Gasteiger partial charge in [0.25, 0.3) is 5.69 Å². The number of non-ortho nitro benzene ring substituents is 1. The van der Waals surface area contributed by atoms with Crippen LogP contribution in [0.3, 0.4) is 0 Å². The molecule has 0 aromatic heterocycles. The summed E-state index contributed by atoms with van der Waals surface area (Å²) in [6.45, 7) is 1.80. The average Bonchev–Trinajstić information content (AvgIpc) is 3.08. The maximum atomic E-state index is 12.7. The van der Waals surface area contributed by atoms with E-state index in [1.165, 1.54) is 24.3 Å². The molecule has 1 aromatic rings. The third-order valence-corrected chi connectivity index (χ3v) is 4.65. The molecule has 2 fully saturated rings. The second kappa shape index (κ2) is 4.01. The summed E-state index contributed by atoms with van der Waals surface area (Å²) in [7, 11) is 0. The van der Waals surface area contributed by atoms with E-state index in [0.29, 0.717) is 5.69 Å². The molecule has 7 heteroatoms. The smallest absolute Gasteiger partial charge is 0.269 e. The van der Waals surface area contributed by atoms with Gasteiger partial charge in [-0.1, -0.05) is 12.2 Å². The number of nitro groups is 1. The Kier molecular flexibility index (Phi) is 2.40. The standard InChI is InChI=1S/C15H12N2O5/c1-15-7-6-10(22-15)11-12(15)14(19)16(13(11)18)8-2-4-9(5-3-8)17(20)21/h2-7,10-12H,1H3. The summed E-state index contributed by atoms with van der Waals surface area (Å²) in [5.41, 5.74) is -0.462. The molecule has 4 rings (SSSR count). The summed E-state index contributed by atoms with van der Waals surface area (Å²) in [4.78, 5) is 36.6. The van der Waals surface area contributed by atoms with Crippen LogP contribution in [0.4, 0.5) is 11.4 Å². The number of benzene rings is 1. The fourth-order valence-electron chi connectivity index (χ4n) is 3.63. The van der Waals surface area contributed by atoms with Crippen LogP contribution in [-0.2, 0) is 14.3 Å². The van der Waals surface area contributed by atoms with Crippen LogP contribution in [0.2, 0.25) is 0 Å². The largest absolute Gasteiger partial charge is 0.362 e. The highest BCUT2D eigenvalue weighted by Crippen LogP contribution is 2.52. The Hall–Kier alpha value is -2.54. The average molecular weight is 300 g/mol. The van der Waals surface area contributed by atoms with Crippen molar-refractivity contribution in [1.29, 1.82) is 0 Å². The van der Waals surface area contributed by atoms with Gasteiger partial charge >= 0.3 is 0 Å². The summed E-state index contributed by atoms with van der Waals surface area (Å²) < 4.78 is 5.73. The van der Waals surface area contributed by atoms with Gasteiger partial charge in [0.2, 0.25) is 11.8 Å². The van der Waals surface area contributed by atoms with E-state index >= 15 is 0 Å². The van der Waals surface area contributed by atoms with Crippen LogP contribution in [-0.4, -0.2) is 28.4 Å². The first-order valence-corrected chi connectivity index (χ1v) is 6.92. The van der Waals surface area contributed by atoms with Crippen LogP contribution in [0.5, 0.6) is 0 Å². The zero-order valence-corrected chi connectivity index (χ0v) is 11.6. The molecule has 0 N–H and O–H groups in total. The van der Waals surface area contributed by atoms with E-state index in [9.17, 15) is 19.7 Å². The molecule has 0 radical (unpaired) electrons. The predicted molar refractivity (Wildman–Crippen MR) is 75.0 cm³/mol. The molecule has 4 atom stereocenters. The third kappa shape index (κ3) is 1.48. The minimum atomic E-state index is -0.738. The van der Waals surface area contributed by atoms with Crippen molar-refractivity contribution in [3.8, 4) is 0 Å². The Morgan fingerprint density at radius 3 is 2.50 bits per heavy atom. The van der Waals surface area contributed by atoms with Gasteiger partial charge in [-0.2, -0.15) is 0 Å². The highest BCUT2D eigenvalue weighted by atomic mass is 16.6. The van der Waals surface area contributed by atoms with Crippen molar-refractivity contribution in [3.05, 3.63) is 46.5 Å². The lowest BCUT2D eigenvalue weighted by atomic mass is 9.78. The molecule has 2 saturated heterocycles. The molecule has 0 saturated carbocycles. The number of ether oxygens (including phenoxy) is 1. The zero-order valence-electron chi connectivity index (χ0n) is 11.6. The molecule has 2 bridgehead atoms. The monoisotopic (exact) mass is 300 g/mol. The van der Waals surface area contributed by atoms with Crippen LogP contribution >= 0.6 is 0 Å². The van der Waals surface area contributed by atoms with Gasteiger partial charge in [-0.05, 0) is 19.1 Å². The highest BCUT2D eigenvalue weighted by Gasteiger charge is 2.66. The van der Waals surface area contributed by atoms with E-state index in [1.54, 1.807) is 6.92 Å². The van der Waals surface area contributed by atoms with Crippen LogP contribution in [0, 0.1) is 22.0 Å². The molecule has 7 nitrogen and oxygen atoms in total. The van der Waals surface area contributed by atoms with Gasteiger partial charge in [-0.25, -0.2) is 4.90 Å². The number of carbonyl (C=O) groups excluding carboxylic acids is 2. The number of nitro benzene ring substituents is 1. The predicted octanol–water partition coefficient (Wildman–Crippen LogP) is 1.43. The number of anilines is 1. The molecule has 1 aromatic carbocycles. The summed E-state index contributed by atoms with van der Waals surface area (Å²) >= 11 is 0. The van der Waals surface area contributed by atoms with Crippen molar-refractivity contribution in [2.45, 2.75) is 18.6 Å². The lowest BCUT2D eigenvalue weighted by Crippen LogP contribution is -2.38. The quantitative estimate of drug-likeness (QED) is 0.357. The van der Waals surface area contributed by atoms with Crippen LogP contribution in [0.1, 0.15) is 6.92 Å². The first-order valence-electron chi connectivity index (χ1n) is 6.92. The second-order valence-corrected chi connectivity index (χ2v) is 5.91. The minimum absolute atomic E-state index is 0.0833. The number of hydrogen-bond acceptors (Lipinski definition) is 5. The van der Waals surface area contributed by atoms with Gasteiger partial charge in [0, 0.05) is 12.1 Å². The molecular formula is C15H12N2O5. The van der Waals surface area contributed by atoms with E-state index in [4.69, 9.17) is 4.74 Å². The second-order valence-electron chi connectivity index (χ2n) is 5.91. The first-order chi connectivity index (χ1) is 10.4. The van der Waals surface area contributed by atoms with Crippen LogP contribution in [0.15, 0.2) is 36.4 Å². The highest BCUT2D eigenvalue weighted by molar-refractivity contribution is 6.23. The Bertz CT molecular complexity index is 741. The number of nitrogens with zero attached hydrogens (tertiary/aromatic N) is 2.